The first-order valence-corrected chi connectivity index (χ1v) is 6.04. The third-order valence-corrected chi connectivity index (χ3v) is 3.15. The zero-order chi connectivity index (χ0) is 9.90. The molecule has 0 bridgehead atoms. The van der Waals surface area contributed by atoms with E-state index in [1.54, 1.807) is 0 Å². The van der Waals surface area contributed by atoms with Crippen LogP contribution in [0.15, 0.2) is 0 Å². The van der Waals surface area contributed by atoms with Crippen molar-refractivity contribution in [2.24, 2.45) is 5.73 Å². The predicted molar refractivity (Wildman–Crippen MR) is 51.3 cm³/mol. The molecule has 1 aliphatic carbocycles. The highest BCUT2D eigenvalue weighted by Gasteiger charge is 2.26. The van der Waals surface area contributed by atoms with Gasteiger partial charge in [-0.2, -0.15) is 13.1 Å². The number of nitrogens with one attached hydrogen (secondary N) is 2. The lowest BCUT2D eigenvalue weighted by molar-refractivity contribution is 0.550. The van der Waals surface area contributed by atoms with Crippen LogP contribution >= 0.6 is 0 Å². The summed E-state index contributed by atoms with van der Waals surface area (Å²) in [6.45, 7) is 2.23. The van der Waals surface area contributed by atoms with Crippen LogP contribution < -0.4 is 15.2 Å². The summed E-state index contributed by atoms with van der Waals surface area (Å²) in [7, 11) is -3.30. The number of hydrogen-bond donors (Lipinski definition) is 3. The molecule has 0 saturated heterocycles. The summed E-state index contributed by atoms with van der Waals surface area (Å²) in [6, 6.07) is 0.0473. The number of nitrogens with two attached hydrogens (primary N) is 1. The highest BCUT2D eigenvalue weighted by atomic mass is 32.2. The van der Waals surface area contributed by atoms with E-state index in [2.05, 4.69) is 9.44 Å². The largest absolute Gasteiger partial charge is 0.327 e. The molecule has 1 rings (SSSR count). The van der Waals surface area contributed by atoms with E-state index in [-0.39, 0.29) is 12.1 Å². The molecule has 0 aromatic carbocycles. The average molecular weight is 207 g/mol. The van der Waals surface area contributed by atoms with E-state index in [4.69, 9.17) is 5.73 Å². The molecule has 6 heteroatoms. The molecule has 0 aromatic heterocycles. The molecule has 0 radical (unpaired) electrons. The van der Waals surface area contributed by atoms with Crippen molar-refractivity contribution in [3.8, 4) is 0 Å². The summed E-state index contributed by atoms with van der Waals surface area (Å²) in [5.41, 5.74) is 5.57. The molecule has 1 saturated carbocycles. The van der Waals surface area contributed by atoms with Crippen LogP contribution in [0.4, 0.5) is 0 Å². The van der Waals surface area contributed by atoms with Gasteiger partial charge in [-0.1, -0.05) is 6.92 Å². The lowest BCUT2D eigenvalue weighted by atomic mass is 10.2. The number of hydrogen-bond acceptors (Lipinski definition) is 3. The van der Waals surface area contributed by atoms with Crippen LogP contribution in [0, 0.1) is 0 Å². The van der Waals surface area contributed by atoms with Crippen LogP contribution in [0.5, 0.6) is 0 Å². The topological polar surface area (TPSA) is 84.2 Å². The van der Waals surface area contributed by atoms with E-state index < -0.39 is 10.2 Å². The van der Waals surface area contributed by atoms with E-state index in [0.717, 1.165) is 19.3 Å². The highest BCUT2D eigenvalue weighted by Crippen LogP contribution is 2.19. The molecule has 4 N–H and O–H groups in total. The van der Waals surface area contributed by atoms with Crippen molar-refractivity contribution in [2.75, 3.05) is 6.54 Å². The van der Waals surface area contributed by atoms with Gasteiger partial charge in [0.05, 0.1) is 0 Å². The Morgan fingerprint density at radius 1 is 1.54 bits per heavy atom. The molecule has 1 atom stereocenters. The zero-order valence-electron chi connectivity index (χ0n) is 7.79. The second-order valence-electron chi connectivity index (χ2n) is 3.41. The standard InChI is InChI=1S/C7H17N3O2S/c1-2-6(8)5-9-13(11,12)10-7-3-4-7/h6-7,9-10H,2-5,8H2,1H3. The first-order chi connectivity index (χ1) is 6.03. The van der Waals surface area contributed by atoms with Crippen LogP contribution in [0.3, 0.4) is 0 Å². The fourth-order valence-electron chi connectivity index (χ4n) is 0.823. The Bertz CT molecular complexity index is 248. The van der Waals surface area contributed by atoms with Crippen molar-refractivity contribution in [1.82, 2.24) is 9.44 Å². The van der Waals surface area contributed by atoms with E-state index in [0.29, 0.717) is 6.54 Å². The summed E-state index contributed by atoms with van der Waals surface area (Å²) in [4.78, 5) is 0. The maximum atomic E-state index is 11.2. The van der Waals surface area contributed by atoms with Gasteiger partial charge in [0.25, 0.3) is 10.2 Å². The van der Waals surface area contributed by atoms with Gasteiger partial charge in [0, 0.05) is 18.6 Å². The second-order valence-corrected chi connectivity index (χ2v) is 4.94. The van der Waals surface area contributed by atoms with Crippen molar-refractivity contribution < 1.29 is 8.42 Å². The van der Waals surface area contributed by atoms with Crippen LogP contribution in [0.1, 0.15) is 26.2 Å². The quantitative estimate of drug-likeness (QED) is 0.539. The summed E-state index contributed by atoms with van der Waals surface area (Å²) < 4.78 is 27.4. The van der Waals surface area contributed by atoms with Gasteiger partial charge in [-0.3, -0.25) is 0 Å². The molecule has 78 valence electrons. The zero-order valence-corrected chi connectivity index (χ0v) is 8.60. The molecular weight excluding hydrogens is 190 g/mol. The molecule has 1 fully saturated rings. The van der Waals surface area contributed by atoms with Crippen LogP contribution in [0.25, 0.3) is 0 Å². The Morgan fingerprint density at radius 3 is 2.62 bits per heavy atom. The third-order valence-electron chi connectivity index (χ3n) is 1.96. The molecule has 1 aliphatic rings. The van der Waals surface area contributed by atoms with Gasteiger partial charge in [0.15, 0.2) is 0 Å². The van der Waals surface area contributed by atoms with Gasteiger partial charge in [-0.15, -0.1) is 0 Å². The first-order valence-electron chi connectivity index (χ1n) is 4.56. The Balaban J connectivity index is 2.24. The minimum absolute atomic E-state index is 0.101. The average Bonchev–Trinajstić information content (AvgIpc) is 2.83. The fraction of sp³-hybridized carbons (Fsp3) is 1.00. The van der Waals surface area contributed by atoms with Gasteiger partial charge in [-0.05, 0) is 19.3 Å². The molecule has 0 aromatic rings. The van der Waals surface area contributed by atoms with Gasteiger partial charge >= 0.3 is 0 Å². The normalized spacial score (nSPS) is 20.2. The SMILES string of the molecule is CCC(N)CNS(=O)(=O)NC1CC1. The maximum Gasteiger partial charge on any atom is 0.277 e. The molecule has 0 aliphatic heterocycles. The minimum Gasteiger partial charge on any atom is -0.327 e. The lowest BCUT2D eigenvalue weighted by Gasteiger charge is -2.10. The van der Waals surface area contributed by atoms with Crippen molar-refractivity contribution in [3.05, 3.63) is 0 Å². The first kappa shape index (κ1) is 10.9. The molecule has 5 nitrogen and oxygen atoms in total. The minimum atomic E-state index is -3.30. The van der Waals surface area contributed by atoms with Gasteiger partial charge < -0.3 is 5.73 Å². The summed E-state index contributed by atoms with van der Waals surface area (Å²) in [5.74, 6) is 0. The van der Waals surface area contributed by atoms with Crippen molar-refractivity contribution >= 4 is 10.2 Å². The second kappa shape index (κ2) is 4.36. The highest BCUT2D eigenvalue weighted by molar-refractivity contribution is 7.87. The molecule has 0 amide bonds. The van der Waals surface area contributed by atoms with Gasteiger partial charge in [0.1, 0.15) is 0 Å². The van der Waals surface area contributed by atoms with Crippen LogP contribution in [-0.2, 0) is 10.2 Å². The van der Waals surface area contributed by atoms with E-state index in [1.807, 2.05) is 6.92 Å². The van der Waals surface area contributed by atoms with Crippen molar-refractivity contribution in [3.63, 3.8) is 0 Å². The molecular formula is C7H17N3O2S. The monoisotopic (exact) mass is 207 g/mol. The predicted octanol–water partition coefficient (Wildman–Crippen LogP) is -0.690. The Kier molecular flexibility index (Phi) is 3.66. The van der Waals surface area contributed by atoms with Gasteiger partial charge in [0.2, 0.25) is 0 Å². The van der Waals surface area contributed by atoms with E-state index in [9.17, 15) is 8.42 Å². The van der Waals surface area contributed by atoms with Crippen molar-refractivity contribution in [2.45, 2.75) is 38.3 Å². The Labute approximate surface area is 79.3 Å². The lowest BCUT2D eigenvalue weighted by Crippen LogP contribution is -2.43. The van der Waals surface area contributed by atoms with E-state index >= 15 is 0 Å². The van der Waals surface area contributed by atoms with E-state index in [1.165, 1.54) is 0 Å². The Hall–Kier alpha value is -0.170. The molecule has 0 heterocycles. The summed E-state index contributed by atoms with van der Waals surface area (Å²) >= 11 is 0. The van der Waals surface area contributed by atoms with Crippen molar-refractivity contribution in [1.29, 1.82) is 0 Å². The van der Waals surface area contributed by atoms with Gasteiger partial charge in [-0.25, -0.2) is 4.72 Å². The maximum absolute atomic E-state index is 11.2. The van der Waals surface area contributed by atoms with Crippen LogP contribution in [-0.4, -0.2) is 27.0 Å². The third kappa shape index (κ3) is 4.56. The molecule has 13 heavy (non-hydrogen) atoms. The van der Waals surface area contributed by atoms with Crippen LogP contribution in [0.2, 0.25) is 0 Å². The smallest absolute Gasteiger partial charge is 0.277 e. The molecule has 0 spiro atoms. The Morgan fingerprint density at radius 2 is 2.15 bits per heavy atom. The summed E-state index contributed by atoms with van der Waals surface area (Å²) in [5, 5.41) is 0. The fourth-order valence-corrected chi connectivity index (χ4v) is 2.01. The summed E-state index contributed by atoms with van der Waals surface area (Å²) in [6.07, 6.45) is 2.66. The number of rotatable bonds is 6. The molecule has 1 unspecified atom stereocenters.